The lowest BCUT2D eigenvalue weighted by atomic mass is 10.5. The first-order chi connectivity index (χ1) is 4.75. The number of alkyl halides is 2. The second-order valence-corrected chi connectivity index (χ2v) is 6.17. The summed E-state index contributed by atoms with van der Waals surface area (Å²) in [5, 5.41) is 0. The van der Waals surface area contributed by atoms with Crippen LogP contribution in [0.15, 0.2) is 0 Å². The molecule has 66 valence electrons. The minimum absolute atomic E-state index is 0.250. The molecule has 0 aromatic rings. The van der Waals surface area contributed by atoms with Gasteiger partial charge in [-0.3, -0.25) is 4.79 Å². The van der Waals surface area contributed by atoms with Gasteiger partial charge in [0.2, 0.25) is 0 Å². The molecule has 0 aliphatic heterocycles. The maximum atomic E-state index is 11.0. The Balaban J connectivity index is 5.01. The van der Waals surface area contributed by atoms with E-state index >= 15 is 0 Å². The van der Waals surface area contributed by atoms with E-state index in [1.54, 1.807) is 0 Å². The van der Waals surface area contributed by atoms with Crippen LogP contribution in [0, 0.1) is 0 Å². The molecule has 0 aliphatic carbocycles. The molecule has 0 spiro atoms. The molecule has 0 N–H and O–H groups in total. The number of rotatable bonds is 3. The average molecular weight is 219 g/mol. The number of Topliss-reactive ketones (excluding diaryl/α,β-unsaturated/α-hetero) is 1. The zero-order valence-corrected chi connectivity index (χ0v) is 8.42. The van der Waals surface area contributed by atoms with Crippen molar-refractivity contribution in [3.63, 3.8) is 0 Å². The Kier molecular flexibility index (Phi) is 3.35. The van der Waals surface area contributed by atoms with Crippen molar-refractivity contribution in [3.05, 3.63) is 0 Å². The average Bonchev–Trinajstić information content (AvgIpc) is 1.87. The van der Waals surface area contributed by atoms with E-state index < -0.39 is 19.3 Å². The maximum absolute atomic E-state index is 11.0. The van der Waals surface area contributed by atoms with Gasteiger partial charge in [-0.05, 0) is 6.92 Å². The summed E-state index contributed by atoms with van der Waals surface area (Å²) in [4.78, 5) is 10.6. The standard InChI is InChI=1S/C5H8Cl2O3S/c1-3-11(9,10)5(6,7)4(2)8/h3H2,1-2H3. The van der Waals surface area contributed by atoms with Crippen LogP contribution < -0.4 is 0 Å². The Labute approximate surface area is 75.6 Å². The van der Waals surface area contributed by atoms with Crippen LogP contribution in [0.1, 0.15) is 13.8 Å². The zero-order valence-electron chi connectivity index (χ0n) is 6.10. The van der Waals surface area contributed by atoms with Crippen LogP contribution in [-0.4, -0.2) is 23.6 Å². The van der Waals surface area contributed by atoms with E-state index in [4.69, 9.17) is 23.2 Å². The van der Waals surface area contributed by atoms with Gasteiger partial charge in [-0.2, -0.15) is 0 Å². The van der Waals surface area contributed by atoms with Crippen molar-refractivity contribution in [2.75, 3.05) is 5.75 Å². The molecule has 3 nitrogen and oxygen atoms in total. The van der Waals surface area contributed by atoms with Crippen molar-refractivity contribution in [2.45, 2.75) is 17.5 Å². The van der Waals surface area contributed by atoms with E-state index in [0.29, 0.717) is 0 Å². The molecule has 0 aromatic carbocycles. The van der Waals surface area contributed by atoms with Crippen LogP contribution in [-0.2, 0) is 14.6 Å². The van der Waals surface area contributed by atoms with Gasteiger partial charge in [-0.1, -0.05) is 30.1 Å². The van der Waals surface area contributed by atoms with E-state index in [2.05, 4.69) is 0 Å². The Bertz CT molecular complexity index is 255. The third-order valence-electron chi connectivity index (χ3n) is 1.18. The Morgan fingerprint density at radius 2 is 1.82 bits per heavy atom. The van der Waals surface area contributed by atoms with Crippen LogP contribution in [0.3, 0.4) is 0 Å². The number of hydrogen-bond acceptors (Lipinski definition) is 3. The summed E-state index contributed by atoms with van der Waals surface area (Å²) in [6, 6.07) is 0. The quantitative estimate of drug-likeness (QED) is 0.669. The summed E-state index contributed by atoms with van der Waals surface area (Å²) < 4.78 is 19.7. The molecule has 0 aliphatic rings. The van der Waals surface area contributed by atoms with E-state index in [1.165, 1.54) is 6.92 Å². The highest BCUT2D eigenvalue weighted by Crippen LogP contribution is 2.29. The fraction of sp³-hybridized carbons (Fsp3) is 0.800. The molecule has 0 saturated carbocycles. The Morgan fingerprint density at radius 1 is 1.45 bits per heavy atom. The smallest absolute Gasteiger partial charge is 0.275 e. The van der Waals surface area contributed by atoms with Gasteiger partial charge < -0.3 is 0 Å². The van der Waals surface area contributed by atoms with Crippen molar-refractivity contribution in [3.8, 4) is 0 Å². The molecule has 11 heavy (non-hydrogen) atoms. The fourth-order valence-corrected chi connectivity index (χ4v) is 1.86. The molecular formula is C5H8Cl2O3S. The third-order valence-corrected chi connectivity index (χ3v) is 4.95. The predicted octanol–water partition coefficient (Wildman–Crippen LogP) is 1.14. The normalized spacial score (nSPS) is 13.1. The second-order valence-electron chi connectivity index (χ2n) is 1.98. The van der Waals surface area contributed by atoms with Gasteiger partial charge in [0.25, 0.3) is 3.67 Å². The Hall–Kier alpha value is 0.200. The number of hydrogen-bond donors (Lipinski definition) is 0. The number of carbonyl (C=O) groups excluding carboxylic acids is 1. The number of sulfone groups is 1. The third kappa shape index (κ3) is 2.07. The van der Waals surface area contributed by atoms with E-state index in [-0.39, 0.29) is 5.75 Å². The first-order valence-corrected chi connectivity index (χ1v) is 5.27. The van der Waals surface area contributed by atoms with Crippen molar-refractivity contribution < 1.29 is 13.2 Å². The van der Waals surface area contributed by atoms with Gasteiger partial charge in [0.1, 0.15) is 0 Å². The zero-order chi connectivity index (χ0) is 9.28. The molecule has 0 atom stereocenters. The van der Waals surface area contributed by atoms with E-state index in [1.807, 2.05) is 0 Å². The molecule has 0 unspecified atom stereocenters. The van der Waals surface area contributed by atoms with Gasteiger partial charge in [0, 0.05) is 0 Å². The van der Waals surface area contributed by atoms with Crippen LogP contribution >= 0.6 is 23.2 Å². The van der Waals surface area contributed by atoms with Crippen molar-refractivity contribution >= 4 is 38.8 Å². The SMILES string of the molecule is CCS(=O)(=O)C(Cl)(Cl)C(C)=O. The first kappa shape index (κ1) is 11.2. The molecule has 0 amide bonds. The van der Waals surface area contributed by atoms with Crippen LogP contribution in [0.2, 0.25) is 0 Å². The highest BCUT2D eigenvalue weighted by Gasteiger charge is 2.43. The van der Waals surface area contributed by atoms with Crippen LogP contribution in [0.4, 0.5) is 0 Å². The van der Waals surface area contributed by atoms with Gasteiger partial charge in [0.15, 0.2) is 15.6 Å². The van der Waals surface area contributed by atoms with Crippen molar-refractivity contribution in [2.24, 2.45) is 0 Å². The summed E-state index contributed by atoms with van der Waals surface area (Å²) in [7, 11) is -3.72. The van der Waals surface area contributed by atoms with Gasteiger partial charge in [-0.15, -0.1) is 0 Å². The number of ketones is 1. The maximum Gasteiger partial charge on any atom is 0.275 e. The lowest BCUT2D eigenvalue weighted by Gasteiger charge is -2.14. The molecule has 0 radical (unpaired) electrons. The monoisotopic (exact) mass is 218 g/mol. The minimum atomic E-state index is -3.72. The molecule has 0 saturated heterocycles. The number of carbonyl (C=O) groups is 1. The summed E-state index contributed by atoms with van der Waals surface area (Å²) in [6.07, 6.45) is 0. The lowest BCUT2D eigenvalue weighted by Crippen LogP contribution is -2.34. The topological polar surface area (TPSA) is 51.2 Å². The lowest BCUT2D eigenvalue weighted by molar-refractivity contribution is -0.116. The summed E-state index contributed by atoms with van der Waals surface area (Å²) >= 11 is 10.6. The van der Waals surface area contributed by atoms with Crippen molar-refractivity contribution in [1.82, 2.24) is 0 Å². The van der Waals surface area contributed by atoms with Crippen LogP contribution in [0.25, 0.3) is 0 Å². The van der Waals surface area contributed by atoms with Gasteiger partial charge in [0.05, 0.1) is 5.75 Å². The summed E-state index contributed by atoms with van der Waals surface area (Å²) in [6.45, 7) is 2.41. The first-order valence-electron chi connectivity index (χ1n) is 2.87. The van der Waals surface area contributed by atoms with E-state index in [9.17, 15) is 13.2 Å². The van der Waals surface area contributed by atoms with Gasteiger partial charge >= 0.3 is 0 Å². The molecule has 0 bridgehead atoms. The molecule has 0 rings (SSSR count). The van der Waals surface area contributed by atoms with Crippen molar-refractivity contribution in [1.29, 1.82) is 0 Å². The largest absolute Gasteiger partial charge is 0.295 e. The Morgan fingerprint density at radius 3 is 1.91 bits per heavy atom. The highest BCUT2D eigenvalue weighted by atomic mass is 35.5. The minimum Gasteiger partial charge on any atom is -0.295 e. The molecule has 6 heteroatoms. The summed E-state index contributed by atoms with van der Waals surface area (Å²) in [5.41, 5.74) is 0. The predicted molar refractivity (Wildman–Crippen MR) is 44.6 cm³/mol. The molecule has 0 aromatic heterocycles. The number of halogens is 2. The summed E-state index contributed by atoms with van der Waals surface area (Å²) in [5.74, 6) is -1.03. The highest BCUT2D eigenvalue weighted by molar-refractivity contribution is 7.96. The molecule has 0 fully saturated rings. The second kappa shape index (κ2) is 3.29. The van der Waals surface area contributed by atoms with E-state index in [0.717, 1.165) is 6.92 Å². The van der Waals surface area contributed by atoms with Crippen LogP contribution in [0.5, 0.6) is 0 Å². The molecule has 0 heterocycles. The fourth-order valence-electron chi connectivity index (χ4n) is 0.400. The molecular weight excluding hydrogens is 211 g/mol. The van der Waals surface area contributed by atoms with Gasteiger partial charge in [-0.25, -0.2) is 8.42 Å².